The second-order valence-corrected chi connectivity index (χ2v) is 4.86. The Labute approximate surface area is 129 Å². The van der Waals surface area contributed by atoms with Gasteiger partial charge in [-0.1, -0.05) is 31.4 Å². The lowest BCUT2D eigenvalue weighted by Gasteiger charge is -2.06. The van der Waals surface area contributed by atoms with Crippen molar-refractivity contribution in [3.63, 3.8) is 0 Å². The molecule has 0 aliphatic heterocycles. The highest BCUT2D eigenvalue weighted by Crippen LogP contribution is 2.20. The maximum Gasteiger partial charge on any atom is 0.247 e. The molecule has 1 aromatic heterocycles. The highest BCUT2D eigenvalue weighted by Gasteiger charge is 2.03. The molecule has 0 radical (unpaired) electrons. The number of hydrogen-bond acceptors (Lipinski definition) is 2. The predicted molar refractivity (Wildman–Crippen MR) is 91.5 cm³/mol. The number of aromatic amines is 1. The van der Waals surface area contributed by atoms with E-state index in [9.17, 15) is 4.79 Å². The highest BCUT2D eigenvalue weighted by atomic mass is 16.1. The Morgan fingerprint density at radius 3 is 2.77 bits per heavy atom. The lowest BCUT2D eigenvalue weighted by atomic mass is 10.0. The number of anilines is 1. The van der Waals surface area contributed by atoms with Gasteiger partial charge in [-0.3, -0.25) is 9.89 Å². The molecule has 4 nitrogen and oxygen atoms in total. The minimum atomic E-state index is -0.228. The molecule has 2 aromatic rings. The minimum absolute atomic E-state index is 0.228. The van der Waals surface area contributed by atoms with Gasteiger partial charge >= 0.3 is 0 Å². The highest BCUT2D eigenvalue weighted by molar-refractivity contribution is 5.99. The van der Waals surface area contributed by atoms with Crippen LogP contribution in [0.2, 0.25) is 0 Å². The molecule has 0 aliphatic rings. The van der Waals surface area contributed by atoms with Gasteiger partial charge in [0.15, 0.2) is 0 Å². The molecule has 1 aromatic carbocycles. The van der Waals surface area contributed by atoms with Crippen molar-refractivity contribution in [1.29, 1.82) is 0 Å². The lowest BCUT2D eigenvalue weighted by Crippen LogP contribution is -2.22. The van der Waals surface area contributed by atoms with Crippen molar-refractivity contribution in [2.24, 2.45) is 0 Å². The van der Waals surface area contributed by atoms with Crippen LogP contribution in [0, 0.1) is 6.92 Å². The fourth-order valence-corrected chi connectivity index (χ4v) is 2.14. The summed E-state index contributed by atoms with van der Waals surface area (Å²) >= 11 is 0. The van der Waals surface area contributed by atoms with Crippen LogP contribution in [-0.2, 0) is 4.79 Å². The maximum atomic E-state index is 11.4. The Morgan fingerprint density at radius 2 is 2.18 bits per heavy atom. The van der Waals surface area contributed by atoms with Gasteiger partial charge in [-0.05, 0) is 49.3 Å². The molecule has 0 saturated heterocycles. The maximum absolute atomic E-state index is 11.4. The summed E-state index contributed by atoms with van der Waals surface area (Å²) in [6, 6.07) is 7.66. The largest absolute Gasteiger partial charge is 0.323 e. The van der Waals surface area contributed by atoms with Crippen LogP contribution in [-0.4, -0.2) is 16.1 Å². The number of nitrogens with one attached hydrogen (secondary N) is 2. The lowest BCUT2D eigenvalue weighted by molar-refractivity contribution is -0.111. The van der Waals surface area contributed by atoms with E-state index in [-0.39, 0.29) is 5.91 Å². The molecule has 1 amide bonds. The summed E-state index contributed by atoms with van der Waals surface area (Å²) in [5.74, 6) is -0.228. The number of amides is 1. The molecule has 22 heavy (non-hydrogen) atoms. The van der Waals surface area contributed by atoms with Crippen LogP contribution in [0.4, 0.5) is 5.69 Å². The number of H-pyrrole nitrogens is 1. The quantitative estimate of drug-likeness (QED) is 0.849. The third-order valence-electron chi connectivity index (χ3n) is 3.33. The summed E-state index contributed by atoms with van der Waals surface area (Å²) in [5.41, 5.74) is 3.67. The Bertz CT molecular complexity index is 843. The first kappa shape index (κ1) is 15.5. The average molecular weight is 293 g/mol. The molecule has 1 heterocycles. The molecule has 112 valence electrons. The minimum Gasteiger partial charge on any atom is -0.323 e. The third kappa shape index (κ3) is 3.41. The SMILES string of the molecule is C=CC(=O)Nc1cccc(C(/C=c2/c(C)n[nH]c2=C)=C/C)c1. The van der Waals surface area contributed by atoms with Gasteiger partial charge in [-0.25, -0.2) is 0 Å². The van der Waals surface area contributed by atoms with E-state index in [1.54, 1.807) is 0 Å². The summed E-state index contributed by atoms with van der Waals surface area (Å²) < 4.78 is 0. The average Bonchev–Trinajstić information content (AvgIpc) is 2.84. The van der Waals surface area contributed by atoms with Gasteiger partial charge in [0.1, 0.15) is 0 Å². The van der Waals surface area contributed by atoms with Crippen LogP contribution in [0.25, 0.3) is 18.2 Å². The number of aromatic nitrogens is 2. The van der Waals surface area contributed by atoms with Crippen molar-refractivity contribution in [1.82, 2.24) is 10.2 Å². The van der Waals surface area contributed by atoms with E-state index in [0.29, 0.717) is 0 Å². The normalized spacial score (nSPS) is 12.3. The van der Waals surface area contributed by atoms with Gasteiger partial charge in [-0.15, -0.1) is 0 Å². The molecular formula is C18H19N3O. The summed E-state index contributed by atoms with van der Waals surface area (Å²) in [6.45, 7) is 11.3. The number of allylic oxidation sites excluding steroid dienone is 2. The van der Waals surface area contributed by atoms with E-state index < -0.39 is 0 Å². The molecule has 0 aliphatic carbocycles. The Balaban J connectivity index is 2.43. The second-order valence-electron chi connectivity index (χ2n) is 4.86. The molecule has 0 atom stereocenters. The molecule has 4 heteroatoms. The number of carbonyl (C=O) groups excluding carboxylic acids is 1. The second kappa shape index (κ2) is 6.72. The zero-order valence-corrected chi connectivity index (χ0v) is 12.8. The zero-order chi connectivity index (χ0) is 16.1. The van der Waals surface area contributed by atoms with E-state index in [2.05, 4.69) is 28.7 Å². The molecule has 2 rings (SSSR count). The summed E-state index contributed by atoms with van der Waals surface area (Å²) in [5, 5.41) is 11.6. The molecule has 0 unspecified atom stereocenters. The summed E-state index contributed by atoms with van der Waals surface area (Å²) in [7, 11) is 0. The standard InChI is InChI=1S/C18H19N3O/c1-5-14(11-17-12(3)20-21-13(17)4)15-8-7-9-16(10-15)19-18(22)6-2/h5-11,20H,2-3H2,1,4H3,(H,19,22)/b14-5+,17-11+. The molecule has 0 bridgehead atoms. The van der Waals surface area contributed by atoms with Crippen molar-refractivity contribution in [3.05, 3.63) is 64.8 Å². The van der Waals surface area contributed by atoms with Crippen molar-refractivity contribution in [2.75, 3.05) is 5.32 Å². The van der Waals surface area contributed by atoms with Crippen molar-refractivity contribution >= 4 is 29.8 Å². The monoisotopic (exact) mass is 293 g/mol. The van der Waals surface area contributed by atoms with Crippen LogP contribution in [0.1, 0.15) is 18.2 Å². The molecule has 0 fully saturated rings. The predicted octanol–water partition coefficient (Wildman–Crippen LogP) is 2.14. The Kier molecular flexibility index (Phi) is 4.73. The fourth-order valence-electron chi connectivity index (χ4n) is 2.14. The van der Waals surface area contributed by atoms with Crippen molar-refractivity contribution < 1.29 is 4.79 Å². The van der Waals surface area contributed by atoms with Gasteiger partial charge in [0.25, 0.3) is 0 Å². The van der Waals surface area contributed by atoms with Crippen molar-refractivity contribution in [2.45, 2.75) is 13.8 Å². The summed E-state index contributed by atoms with van der Waals surface area (Å²) in [6.07, 6.45) is 5.30. The first-order chi connectivity index (χ1) is 10.5. The first-order valence-corrected chi connectivity index (χ1v) is 6.97. The topological polar surface area (TPSA) is 57.8 Å². The Hall–Kier alpha value is -2.88. The molecule has 0 spiro atoms. The summed E-state index contributed by atoms with van der Waals surface area (Å²) in [4.78, 5) is 11.4. The third-order valence-corrected chi connectivity index (χ3v) is 3.33. The number of carbonyl (C=O) groups is 1. The fraction of sp³-hybridized carbons (Fsp3) is 0.111. The van der Waals surface area contributed by atoms with E-state index >= 15 is 0 Å². The zero-order valence-electron chi connectivity index (χ0n) is 12.8. The molecule has 2 N–H and O–H groups in total. The van der Waals surface area contributed by atoms with Crippen LogP contribution in [0.5, 0.6) is 0 Å². The van der Waals surface area contributed by atoms with E-state index in [4.69, 9.17) is 0 Å². The number of nitrogens with zero attached hydrogens (tertiary/aromatic N) is 1. The number of rotatable bonds is 4. The van der Waals surface area contributed by atoms with Crippen LogP contribution in [0.15, 0.2) is 43.0 Å². The van der Waals surface area contributed by atoms with Gasteiger partial charge < -0.3 is 5.32 Å². The van der Waals surface area contributed by atoms with E-state index in [1.807, 2.05) is 50.3 Å². The van der Waals surface area contributed by atoms with Gasteiger partial charge in [0.05, 0.1) is 11.0 Å². The smallest absolute Gasteiger partial charge is 0.247 e. The van der Waals surface area contributed by atoms with Gasteiger partial charge in [0, 0.05) is 10.9 Å². The number of hydrogen-bond donors (Lipinski definition) is 2. The van der Waals surface area contributed by atoms with Crippen molar-refractivity contribution in [3.8, 4) is 0 Å². The van der Waals surface area contributed by atoms with Gasteiger partial charge in [-0.2, -0.15) is 5.10 Å². The van der Waals surface area contributed by atoms with E-state index in [1.165, 1.54) is 6.08 Å². The van der Waals surface area contributed by atoms with Crippen LogP contribution < -0.4 is 15.9 Å². The molecule has 0 saturated carbocycles. The first-order valence-electron chi connectivity index (χ1n) is 6.97. The van der Waals surface area contributed by atoms with E-state index in [0.717, 1.165) is 33.1 Å². The van der Waals surface area contributed by atoms with Gasteiger partial charge in [0.2, 0.25) is 5.91 Å². The number of aryl methyl sites for hydroxylation is 1. The van der Waals surface area contributed by atoms with Crippen LogP contribution in [0.3, 0.4) is 0 Å². The van der Waals surface area contributed by atoms with Crippen LogP contribution >= 0.6 is 0 Å². The molecular weight excluding hydrogens is 274 g/mol. The number of benzene rings is 1. The Morgan fingerprint density at radius 1 is 1.41 bits per heavy atom.